The molecular weight excluding hydrogens is 378 g/mol. The summed E-state index contributed by atoms with van der Waals surface area (Å²) >= 11 is 0. The number of hydrogen-bond acceptors (Lipinski definition) is 3. The Morgan fingerprint density at radius 3 is 2.43 bits per heavy atom. The van der Waals surface area contributed by atoms with E-state index >= 15 is 0 Å². The van der Waals surface area contributed by atoms with Crippen LogP contribution in [0.3, 0.4) is 0 Å². The standard InChI is InChI=1S/C23H33N5O2/c1-18-16-24-22(29)28(18)21-9-5-4-8-20(21)25-23(30)27-14-10-19(11-15-27)17-26-12-6-2-3-7-13-26/h4-5,8-9,16,19H,2-3,6-7,10-15,17H2,1H3,(H,24,29)(H,25,30). The first-order valence-electron chi connectivity index (χ1n) is 11.3. The quantitative estimate of drug-likeness (QED) is 0.807. The van der Waals surface area contributed by atoms with E-state index in [1.807, 2.05) is 36.1 Å². The number of para-hydroxylation sites is 2. The number of nitrogens with one attached hydrogen (secondary N) is 2. The van der Waals surface area contributed by atoms with Crippen LogP contribution in [0.5, 0.6) is 0 Å². The number of rotatable bonds is 4. The van der Waals surface area contributed by atoms with Crippen LogP contribution in [0.25, 0.3) is 5.69 Å². The number of H-pyrrole nitrogens is 1. The molecule has 162 valence electrons. The Kier molecular flexibility index (Phi) is 6.57. The van der Waals surface area contributed by atoms with Gasteiger partial charge in [0.05, 0.1) is 11.4 Å². The van der Waals surface area contributed by atoms with Gasteiger partial charge in [0.15, 0.2) is 0 Å². The summed E-state index contributed by atoms with van der Waals surface area (Å²) in [5, 5.41) is 3.03. The Morgan fingerprint density at radius 2 is 1.77 bits per heavy atom. The zero-order valence-electron chi connectivity index (χ0n) is 17.9. The van der Waals surface area contributed by atoms with E-state index in [1.165, 1.54) is 45.3 Å². The van der Waals surface area contributed by atoms with E-state index in [0.29, 0.717) is 17.3 Å². The molecule has 0 saturated carbocycles. The smallest absolute Gasteiger partial charge is 0.325 e. The van der Waals surface area contributed by atoms with Gasteiger partial charge in [0.25, 0.3) is 0 Å². The predicted octanol–water partition coefficient (Wildman–Crippen LogP) is 3.59. The van der Waals surface area contributed by atoms with E-state index in [-0.39, 0.29) is 11.7 Å². The third-order valence-electron chi connectivity index (χ3n) is 6.46. The van der Waals surface area contributed by atoms with Gasteiger partial charge in [0.1, 0.15) is 0 Å². The minimum absolute atomic E-state index is 0.0862. The van der Waals surface area contributed by atoms with Gasteiger partial charge < -0.3 is 20.1 Å². The molecule has 2 fully saturated rings. The van der Waals surface area contributed by atoms with E-state index in [9.17, 15) is 9.59 Å². The van der Waals surface area contributed by atoms with Crippen molar-refractivity contribution in [1.82, 2.24) is 19.4 Å². The van der Waals surface area contributed by atoms with Crippen molar-refractivity contribution in [3.8, 4) is 5.69 Å². The number of carbonyl (C=O) groups is 1. The lowest BCUT2D eigenvalue weighted by Crippen LogP contribution is -2.43. The Labute approximate surface area is 178 Å². The average molecular weight is 412 g/mol. The van der Waals surface area contributed by atoms with Gasteiger partial charge in [-0.05, 0) is 63.7 Å². The zero-order chi connectivity index (χ0) is 20.9. The summed E-state index contributed by atoms with van der Waals surface area (Å²) in [6.45, 7) is 7.08. The molecule has 2 amide bonds. The van der Waals surface area contributed by atoms with Gasteiger partial charge >= 0.3 is 11.7 Å². The first kappa shape index (κ1) is 20.7. The van der Waals surface area contributed by atoms with Crippen molar-refractivity contribution in [2.45, 2.75) is 45.4 Å². The van der Waals surface area contributed by atoms with Crippen molar-refractivity contribution >= 4 is 11.7 Å². The Hall–Kier alpha value is -2.54. The van der Waals surface area contributed by atoms with E-state index in [0.717, 1.165) is 31.6 Å². The zero-order valence-corrected chi connectivity index (χ0v) is 17.9. The molecule has 3 heterocycles. The number of amides is 2. The van der Waals surface area contributed by atoms with Gasteiger partial charge in [-0.15, -0.1) is 0 Å². The molecule has 7 nitrogen and oxygen atoms in total. The highest BCUT2D eigenvalue weighted by molar-refractivity contribution is 5.91. The topological polar surface area (TPSA) is 73.4 Å². The second kappa shape index (κ2) is 9.51. The summed E-state index contributed by atoms with van der Waals surface area (Å²) in [6.07, 6.45) is 9.17. The molecule has 1 aromatic carbocycles. The molecule has 0 radical (unpaired) electrons. The number of piperidine rings is 1. The lowest BCUT2D eigenvalue weighted by molar-refractivity contribution is 0.155. The van der Waals surface area contributed by atoms with Gasteiger partial charge in [0, 0.05) is 31.5 Å². The van der Waals surface area contributed by atoms with Gasteiger partial charge in [-0.1, -0.05) is 25.0 Å². The largest absolute Gasteiger partial charge is 0.330 e. The van der Waals surface area contributed by atoms with Crippen molar-refractivity contribution in [3.05, 3.63) is 46.6 Å². The molecule has 0 unspecified atom stereocenters. The monoisotopic (exact) mass is 411 g/mol. The van der Waals surface area contributed by atoms with Crippen LogP contribution in [0.15, 0.2) is 35.3 Å². The van der Waals surface area contributed by atoms with Crippen LogP contribution in [-0.4, -0.2) is 58.1 Å². The summed E-state index contributed by atoms with van der Waals surface area (Å²) < 4.78 is 1.59. The number of hydrogen-bond donors (Lipinski definition) is 2. The van der Waals surface area contributed by atoms with Crippen LogP contribution in [-0.2, 0) is 0 Å². The second-order valence-corrected chi connectivity index (χ2v) is 8.66. The van der Waals surface area contributed by atoms with Crippen molar-refractivity contribution in [2.24, 2.45) is 5.92 Å². The minimum atomic E-state index is -0.205. The number of urea groups is 1. The fourth-order valence-corrected chi connectivity index (χ4v) is 4.73. The molecular formula is C23H33N5O2. The number of aromatic amines is 1. The molecule has 2 N–H and O–H groups in total. The van der Waals surface area contributed by atoms with E-state index in [1.54, 1.807) is 10.8 Å². The van der Waals surface area contributed by atoms with Crippen LogP contribution in [0, 0.1) is 12.8 Å². The normalized spacial score (nSPS) is 18.9. The number of benzene rings is 1. The summed E-state index contributed by atoms with van der Waals surface area (Å²) in [6, 6.07) is 7.36. The highest BCUT2D eigenvalue weighted by Crippen LogP contribution is 2.23. The first-order valence-corrected chi connectivity index (χ1v) is 11.3. The maximum Gasteiger partial charge on any atom is 0.330 e. The Balaban J connectivity index is 1.35. The number of aromatic nitrogens is 2. The number of carbonyl (C=O) groups excluding carboxylic acids is 1. The van der Waals surface area contributed by atoms with Crippen molar-refractivity contribution in [3.63, 3.8) is 0 Å². The van der Waals surface area contributed by atoms with E-state index in [2.05, 4.69) is 15.2 Å². The van der Waals surface area contributed by atoms with Crippen LogP contribution in [0.2, 0.25) is 0 Å². The number of nitrogens with zero attached hydrogens (tertiary/aromatic N) is 3. The molecule has 0 spiro atoms. The molecule has 0 bridgehead atoms. The molecule has 2 aliphatic rings. The predicted molar refractivity (Wildman–Crippen MR) is 119 cm³/mol. The number of aryl methyl sites for hydroxylation is 1. The van der Waals surface area contributed by atoms with Crippen LogP contribution in [0.1, 0.15) is 44.2 Å². The van der Waals surface area contributed by atoms with Gasteiger partial charge in [-0.3, -0.25) is 4.57 Å². The van der Waals surface area contributed by atoms with Crippen molar-refractivity contribution < 1.29 is 4.79 Å². The lowest BCUT2D eigenvalue weighted by Gasteiger charge is -2.34. The van der Waals surface area contributed by atoms with Crippen molar-refractivity contribution in [1.29, 1.82) is 0 Å². The molecule has 2 saturated heterocycles. The molecule has 1 aromatic heterocycles. The van der Waals surface area contributed by atoms with E-state index in [4.69, 9.17) is 0 Å². The maximum absolute atomic E-state index is 12.9. The second-order valence-electron chi connectivity index (χ2n) is 8.66. The SMILES string of the molecule is Cc1c[nH]c(=O)n1-c1ccccc1NC(=O)N1CCC(CN2CCCCCC2)CC1. The summed E-state index contributed by atoms with van der Waals surface area (Å²) in [5.41, 5.74) is 1.93. The molecule has 0 aliphatic carbocycles. The minimum Gasteiger partial charge on any atom is -0.325 e. The Morgan fingerprint density at radius 1 is 1.07 bits per heavy atom. The highest BCUT2D eigenvalue weighted by atomic mass is 16.2. The number of anilines is 1. The Bertz CT molecular complexity index is 902. The summed E-state index contributed by atoms with van der Waals surface area (Å²) in [5.74, 6) is 0.681. The molecule has 4 rings (SSSR count). The van der Waals surface area contributed by atoms with Gasteiger partial charge in [0.2, 0.25) is 0 Å². The number of likely N-dealkylation sites (tertiary alicyclic amines) is 2. The fourth-order valence-electron chi connectivity index (χ4n) is 4.73. The molecule has 7 heteroatoms. The highest BCUT2D eigenvalue weighted by Gasteiger charge is 2.25. The first-order chi connectivity index (χ1) is 14.6. The molecule has 0 atom stereocenters. The maximum atomic E-state index is 12.9. The van der Waals surface area contributed by atoms with E-state index < -0.39 is 0 Å². The fraction of sp³-hybridized carbons (Fsp3) is 0.565. The lowest BCUT2D eigenvalue weighted by atomic mass is 9.96. The third-order valence-corrected chi connectivity index (χ3v) is 6.46. The van der Waals surface area contributed by atoms with Gasteiger partial charge in [-0.2, -0.15) is 0 Å². The summed E-state index contributed by atoms with van der Waals surface area (Å²) in [4.78, 5) is 32.3. The molecule has 2 aliphatic heterocycles. The van der Waals surface area contributed by atoms with Crippen LogP contribution >= 0.6 is 0 Å². The average Bonchev–Trinajstić information content (AvgIpc) is 2.93. The molecule has 2 aromatic rings. The number of imidazole rings is 1. The third kappa shape index (κ3) is 4.78. The summed E-state index contributed by atoms with van der Waals surface area (Å²) in [7, 11) is 0. The van der Waals surface area contributed by atoms with Crippen molar-refractivity contribution in [2.75, 3.05) is 38.0 Å². The van der Waals surface area contributed by atoms with Crippen LogP contribution in [0.4, 0.5) is 10.5 Å². The van der Waals surface area contributed by atoms with Crippen LogP contribution < -0.4 is 11.0 Å². The van der Waals surface area contributed by atoms with Gasteiger partial charge in [-0.25, -0.2) is 9.59 Å². The molecule has 30 heavy (non-hydrogen) atoms.